The van der Waals surface area contributed by atoms with Gasteiger partial charge in [0.25, 0.3) is 0 Å². The Hall–Kier alpha value is -1.36. The summed E-state index contributed by atoms with van der Waals surface area (Å²) in [6.45, 7) is 6.41. The van der Waals surface area contributed by atoms with Crippen LogP contribution >= 0.6 is 0 Å². The number of ether oxygens (including phenoxy) is 2. The van der Waals surface area contributed by atoms with Crippen molar-refractivity contribution in [2.75, 3.05) is 19.5 Å². The number of nitrogens with zero attached hydrogens (tertiary/aromatic N) is 2. The Labute approximate surface area is 96.0 Å². The van der Waals surface area contributed by atoms with Gasteiger partial charge >= 0.3 is 0 Å². The third-order valence-corrected chi connectivity index (χ3v) is 2.35. The van der Waals surface area contributed by atoms with Gasteiger partial charge in [-0.1, -0.05) is 0 Å². The largest absolute Gasteiger partial charge is 0.477 e. The molecule has 0 radical (unpaired) electrons. The monoisotopic (exact) mass is 225 g/mol. The zero-order valence-corrected chi connectivity index (χ0v) is 10.3. The Morgan fingerprint density at radius 3 is 2.62 bits per heavy atom. The van der Waals surface area contributed by atoms with E-state index in [9.17, 15) is 0 Å². The van der Waals surface area contributed by atoms with E-state index in [1.807, 2.05) is 20.8 Å². The predicted octanol–water partition coefficient (Wildman–Crippen LogP) is 1.56. The van der Waals surface area contributed by atoms with E-state index in [4.69, 9.17) is 15.2 Å². The van der Waals surface area contributed by atoms with Gasteiger partial charge < -0.3 is 15.2 Å². The van der Waals surface area contributed by atoms with Crippen LogP contribution < -0.4 is 10.5 Å². The number of methoxy groups -OCH3 is 1. The van der Waals surface area contributed by atoms with Gasteiger partial charge in [-0.25, -0.2) is 4.98 Å². The van der Waals surface area contributed by atoms with Crippen LogP contribution in [0.3, 0.4) is 0 Å². The fraction of sp³-hybridized carbons (Fsp3) is 0.636. The van der Waals surface area contributed by atoms with Crippen molar-refractivity contribution in [3.63, 3.8) is 0 Å². The summed E-state index contributed by atoms with van der Waals surface area (Å²) < 4.78 is 10.8. The molecule has 1 rings (SSSR count). The van der Waals surface area contributed by atoms with E-state index in [1.54, 1.807) is 13.2 Å². The zero-order valence-electron chi connectivity index (χ0n) is 10.3. The second-order valence-electron chi connectivity index (χ2n) is 4.27. The molecule has 0 aliphatic carbocycles. The van der Waals surface area contributed by atoms with Crippen LogP contribution in [0.5, 0.6) is 5.88 Å². The fourth-order valence-corrected chi connectivity index (χ4v) is 1.14. The second-order valence-corrected chi connectivity index (χ2v) is 4.27. The van der Waals surface area contributed by atoms with Crippen molar-refractivity contribution < 1.29 is 9.47 Å². The number of aromatic nitrogens is 2. The molecule has 16 heavy (non-hydrogen) atoms. The first-order valence-corrected chi connectivity index (χ1v) is 5.22. The molecule has 0 unspecified atom stereocenters. The van der Waals surface area contributed by atoms with Crippen LogP contribution in [0.25, 0.3) is 0 Å². The molecule has 0 aliphatic rings. The van der Waals surface area contributed by atoms with Crippen LogP contribution in [0.1, 0.15) is 26.0 Å². The second kappa shape index (κ2) is 5.12. The van der Waals surface area contributed by atoms with E-state index >= 15 is 0 Å². The summed E-state index contributed by atoms with van der Waals surface area (Å²) in [7, 11) is 1.69. The lowest BCUT2D eigenvalue weighted by Gasteiger charge is -2.22. The third kappa shape index (κ3) is 4.02. The van der Waals surface area contributed by atoms with Crippen LogP contribution in [0.15, 0.2) is 6.07 Å². The first kappa shape index (κ1) is 12.7. The van der Waals surface area contributed by atoms with E-state index in [0.717, 1.165) is 12.1 Å². The van der Waals surface area contributed by atoms with Crippen molar-refractivity contribution in [1.82, 2.24) is 9.97 Å². The predicted molar refractivity (Wildman–Crippen MR) is 62.4 cm³/mol. The number of aryl methyl sites for hydroxylation is 1. The molecule has 0 bridgehead atoms. The highest BCUT2D eigenvalue weighted by Gasteiger charge is 2.16. The minimum atomic E-state index is -0.187. The number of nitrogens with two attached hydrogens (primary N) is 1. The first-order valence-electron chi connectivity index (χ1n) is 5.22. The summed E-state index contributed by atoms with van der Waals surface area (Å²) in [5, 5.41) is 0. The van der Waals surface area contributed by atoms with Crippen LogP contribution in [0.4, 0.5) is 5.95 Å². The molecule has 0 atom stereocenters. The highest BCUT2D eigenvalue weighted by Crippen LogP contribution is 2.15. The summed E-state index contributed by atoms with van der Waals surface area (Å²) in [5.74, 6) is 0.748. The van der Waals surface area contributed by atoms with Gasteiger partial charge in [0.2, 0.25) is 11.8 Å². The van der Waals surface area contributed by atoms with Gasteiger partial charge in [-0.05, 0) is 20.8 Å². The molecule has 0 aliphatic heterocycles. The topological polar surface area (TPSA) is 70.3 Å². The van der Waals surface area contributed by atoms with E-state index < -0.39 is 0 Å². The molecule has 5 heteroatoms. The third-order valence-electron chi connectivity index (χ3n) is 2.35. The van der Waals surface area contributed by atoms with Crippen molar-refractivity contribution in [2.45, 2.75) is 32.8 Å². The van der Waals surface area contributed by atoms with Crippen LogP contribution in [0.2, 0.25) is 0 Å². The van der Waals surface area contributed by atoms with Gasteiger partial charge in [-0.15, -0.1) is 0 Å². The van der Waals surface area contributed by atoms with Crippen molar-refractivity contribution >= 4 is 5.95 Å². The summed E-state index contributed by atoms with van der Waals surface area (Å²) in [6.07, 6.45) is 0.784. The maximum atomic E-state index is 5.52. The van der Waals surface area contributed by atoms with Gasteiger partial charge in [0, 0.05) is 25.3 Å². The van der Waals surface area contributed by atoms with Gasteiger partial charge in [0.15, 0.2) is 0 Å². The summed E-state index contributed by atoms with van der Waals surface area (Å²) in [5.41, 5.74) is 6.13. The molecular formula is C11H19N3O2. The zero-order chi connectivity index (χ0) is 12.2. The average Bonchev–Trinajstić information content (AvgIpc) is 2.16. The smallest absolute Gasteiger partial charge is 0.223 e. The summed E-state index contributed by atoms with van der Waals surface area (Å²) in [4.78, 5) is 7.95. The van der Waals surface area contributed by atoms with Gasteiger partial charge in [-0.2, -0.15) is 4.98 Å². The standard InChI is InChI=1S/C11H19N3O2/c1-8-7-9(14-10(12)13-8)16-6-5-11(2,3)15-4/h7H,5-6H2,1-4H3,(H2,12,13,14). The number of nitrogen functional groups attached to an aromatic ring is 1. The number of hydrogen-bond donors (Lipinski definition) is 1. The van der Waals surface area contributed by atoms with E-state index in [-0.39, 0.29) is 11.5 Å². The molecule has 2 N–H and O–H groups in total. The number of rotatable bonds is 5. The minimum absolute atomic E-state index is 0.187. The molecule has 0 amide bonds. The van der Waals surface area contributed by atoms with Crippen LogP contribution in [-0.2, 0) is 4.74 Å². The van der Waals surface area contributed by atoms with Crippen LogP contribution in [-0.4, -0.2) is 29.3 Å². The number of hydrogen-bond acceptors (Lipinski definition) is 5. The molecule has 0 saturated heterocycles. The van der Waals surface area contributed by atoms with Crippen LogP contribution in [0, 0.1) is 6.92 Å². The average molecular weight is 225 g/mol. The van der Waals surface area contributed by atoms with Gasteiger partial charge in [0.05, 0.1) is 12.2 Å². The van der Waals surface area contributed by atoms with Crippen molar-refractivity contribution in [3.8, 4) is 5.88 Å². The molecule has 1 heterocycles. The lowest BCUT2D eigenvalue weighted by atomic mass is 10.1. The van der Waals surface area contributed by atoms with Crippen molar-refractivity contribution in [1.29, 1.82) is 0 Å². The Morgan fingerprint density at radius 2 is 2.06 bits per heavy atom. The minimum Gasteiger partial charge on any atom is -0.477 e. The molecule has 0 fully saturated rings. The number of anilines is 1. The van der Waals surface area contributed by atoms with E-state index in [2.05, 4.69) is 9.97 Å². The van der Waals surface area contributed by atoms with Gasteiger partial charge in [0.1, 0.15) is 0 Å². The van der Waals surface area contributed by atoms with Gasteiger partial charge in [-0.3, -0.25) is 0 Å². The molecule has 1 aromatic rings. The molecule has 1 aromatic heterocycles. The molecule has 0 spiro atoms. The molecular weight excluding hydrogens is 206 g/mol. The molecule has 90 valence electrons. The first-order chi connectivity index (χ1) is 7.43. The highest BCUT2D eigenvalue weighted by molar-refractivity contribution is 5.25. The van der Waals surface area contributed by atoms with E-state index in [1.165, 1.54) is 0 Å². The maximum Gasteiger partial charge on any atom is 0.223 e. The Balaban J connectivity index is 2.49. The SMILES string of the molecule is COC(C)(C)CCOc1cc(C)nc(N)n1. The lowest BCUT2D eigenvalue weighted by molar-refractivity contribution is 0.00509. The molecule has 0 saturated carbocycles. The lowest BCUT2D eigenvalue weighted by Crippen LogP contribution is -2.25. The van der Waals surface area contributed by atoms with Crippen molar-refractivity contribution in [3.05, 3.63) is 11.8 Å². The Morgan fingerprint density at radius 1 is 1.38 bits per heavy atom. The molecule has 0 aromatic carbocycles. The van der Waals surface area contributed by atoms with E-state index in [0.29, 0.717) is 12.5 Å². The Kier molecular flexibility index (Phi) is 4.06. The van der Waals surface area contributed by atoms with Crippen molar-refractivity contribution in [2.24, 2.45) is 0 Å². The normalized spacial score (nSPS) is 11.5. The quantitative estimate of drug-likeness (QED) is 0.823. The maximum absolute atomic E-state index is 5.52. The summed E-state index contributed by atoms with van der Waals surface area (Å²) in [6, 6.07) is 1.76. The summed E-state index contributed by atoms with van der Waals surface area (Å²) >= 11 is 0. The highest BCUT2D eigenvalue weighted by atomic mass is 16.5. The Bertz CT molecular complexity index is 333. The molecule has 5 nitrogen and oxygen atoms in total. The fourth-order valence-electron chi connectivity index (χ4n) is 1.14.